The van der Waals surface area contributed by atoms with E-state index < -0.39 is 5.97 Å². The van der Waals surface area contributed by atoms with E-state index >= 15 is 0 Å². The maximum atomic E-state index is 12.6. The topological polar surface area (TPSA) is 44.8 Å². The summed E-state index contributed by atoms with van der Waals surface area (Å²) in [6.07, 6.45) is 13.8. The molecule has 0 aromatic heterocycles. The molecule has 0 N–H and O–H groups in total. The lowest BCUT2D eigenvalue weighted by atomic mass is 10.1. The van der Waals surface area contributed by atoms with Crippen molar-refractivity contribution in [1.82, 2.24) is 0 Å². The third-order valence-electron chi connectivity index (χ3n) is 5.45. The van der Waals surface area contributed by atoms with Crippen LogP contribution in [0.3, 0.4) is 0 Å². The van der Waals surface area contributed by atoms with Crippen LogP contribution < -0.4 is 0 Å². The Kier molecular flexibility index (Phi) is 14.3. The minimum Gasteiger partial charge on any atom is -0.492 e. The average Bonchev–Trinajstić information content (AvgIpc) is 2.85. The lowest BCUT2D eigenvalue weighted by Crippen LogP contribution is -2.12. The molecule has 0 saturated carbocycles. The molecule has 2 aromatic carbocycles. The molecule has 0 bridgehead atoms. The summed E-state index contributed by atoms with van der Waals surface area (Å²) in [4.78, 5) is 12.6. The molecule has 0 spiro atoms. The zero-order chi connectivity index (χ0) is 23.4. The average molecular weight is 453 g/mol. The number of hydrogen-bond acceptors (Lipinski definition) is 4. The first-order chi connectivity index (χ1) is 16.3. The number of esters is 1. The molecule has 2 aromatic rings. The SMILES string of the molecule is CCCCCCCCCCCCOC(=O)C(=COCc1ccccc1)OCc1ccccc1. The van der Waals surface area contributed by atoms with E-state index in [1.54, 1.807) is 0 Å². The molecule has 0 heterocycles. The van der Waals surface area contributed by atoms with Crippen LogP contribution in [0.4, 0.5) is 0 Å². The van der Waals surface area contributed by atoms with Crippen LogP contribution in [-0.2, 0) is 32.2 Å². The molecule has 0 amide bonds. The number of carbonyl (C=O) groups excluding carboxylic acids is 1. The van der Waals surface area contributed by atoms with Crippen LogP contribution in [0.2, 0.25) is 0 Å². The minimum absolute atomic E-state index is 0.0989. The molecule has 0 saturated heterocycles. The third-order valence-corrected chi connectivity index (χ3v) is 5.45. The minimum atomic E-state index is -0.477. The predicted octanol–water partition coefficient (Wildman–Crippen LogP) is 7.73. The van der Waals surface area contributed by atoms with E-state index in [4.69, 9.17) is 14.2 Å². The molecule has 4 nitrogen and oxygen atoms in total. The van der Waals surface area contributed by atoms with Gasteiger partial charge in [-0.15, -0.1) is 0 Å². The Morgan fingerprint density at radius 1 is 0.667 bits per heavy atom. The van der Waals surface area contributed by atoms with Crippen molar-refractivity contribution in [2.24, 2.45) is 0 Å². The fourth-order valence-electron chi connectivity index (χ4n) is 3.49. The van der Waals surface area contributed by atoms with Crippen molar-refractivity contribution in [3.05, 3.63) is 83.8 Å². The Bertz CT molecular complexity index is 771. The standard InChI is InChI=1S/C29H40O4/c1-2-3-4-5-6-7-8-9-10-17-22-32-29(30)28(33-24-27-20-15-12-16-21-27)25-31-23-26-18-13-11-14-19-26/h11-16,18-21,25H,2-10,17,22-24H2,1H3. The van der Waals surface area contributed by atoms with Gasteiger partial charge in [-0.05, 0) is 17.5 Å². The van der Waals surface area contributed by atoms with Crippen LogP contribution in [0.5, 0.6) is 0 Å². The summed E-state index contributed by atoms with van der Waals surface area (Å²) < 4.78 is 16.8. The monoisotopic (exact) mass is 452 g/mol. The second kappa shape index (κ2) is 17.8. The molecule has 0 fully saturated rings. The first-order valence-electron chi connectivity index (χ1n) is 12.5. The van der Waals surface area contributed by atoms with E-state index in [0.717, 1.165) is 24.0 Å². The summed E-state index contributed by atoms with van der Waals surface area (Å²) >= 11 is 0. The van der Waals surface area contributed by atoms with E-state index in [0.29, 0.717) is 13.2 Å². The molecular formula is C29H40O4. The summed E-state index contributed by atoms with van der Waals surface area (Å²) in [6, 6.07) is 19.6. The summed E-state index contributed by atoms with van der Waals surface area (Å²) in [5.41, 5.74) is 2.00. The highest BCUT2D eigenvalue weighted by Crippen LogP contribution is 2.12. The maximum absolute atomic E-state index is 12.6. The van der Waals surface area contributed by atoms with Gasteiger partial charge in [0.25, 0.3) is 0 Å². The van der Waals surface area contributed by atoms with Crippen molar-refractivity contribution in [1.29, 1.82) is 0 Å². The van der Waals surface area contributed by atoms with Gasteiger partial charge in [0.2, 0.25) is 5.76 Å². The number of ether oxygens (including phenoxy) is 3. The Hall–Kier alpha value is -2.75. The summed E-state index contributed by atoms with van der Waals surface area (Å²) in [6.45, 7) is 3.30. The lowest BCUT2D eigenvalue weighted by Gasteiger charge is -2.11. The van der Waals surface area contributed by atoms with Crippen LogP contribution in [0, 0.1) is 0 Å². The summed E-state index contributed by atoms with van der Waals surface area (Å²) in [7, 11) is 0. The summed E-state index contributed by atoms with van der Waals surface area (Å²) in [5.74, 6) is -0.378. The highest BCUT2D eigenvalue weighted by molar-refractivity contribution is 5.85. The van der Waals surface area contributed by atoms with Crippen molar-refractivity contribution in [2.45, 2.75) is 84.3 Å². The molecule has 2 rings (SSSR count). The molecule has 33 heavy (non-hydrogen) atoms. The van der Waals surface area contributed by atoms with Crippen LogP contribution >= 0.6 is 0 Å². The number of carbonyl (C=O) groups is 1. The molecule has 0 radical (unpaired) electrons. The van der Waals surface area contributed by atoms with Crippen molar-refractivity contribution >= 4 is 5.97 Å². The van der Waals surface area contributed by atoms with E-state index in [-0.39, 0.29) is 12.4 Å². The molecular weight excluding hydrogens is 412 g/mol. The number of unbranched alkanes of at least 4 members (excludes halogenated alkanes) is 9. The molecule has 4 heteroatoms. The fraction of sp³-hybridized carbons (Fsp3) is 0.483. The second-order valence-corrected chi connectivity index (χ2v) is 8.37. The number of hydrogen-bond donors (Lipinski definition) is 0. The van der Waals surface area contributed by atoms with Gasteiger partial charge >= 0.3 is 5.97 Å². The van der Waals surface area contributed by atoms with E-state index in [9.17, 15) is 4.79 Å². The van der Waals surface area contributed by atoms with E-state index in [1.165, 1.54) is 57.6 Å². The molecule has 0 aliphatic heterocycles. The molecule has 0 atom stereocenters. The largest absolute Gasteiger partial charge is 0.492 e. The van der Waals surface area contributed by atoms with Gasteiger partial charge in [0.05, 0.1) is 6.61 Å². The highest BCUT2D eigenvalue weighted by Gasteiger charge is 2.14. The summed E-state index contributed by atoms with van der Waals surface area (Å²) in [5, 5.41) is 0. The smallest absolute Gasteiger partial charge is 0.376 e. The van der Waals surface area contributed by atoms with Gasteiger partial charge in [-0.3, -0.25) is 0 Å². The van der Waals surface area contributed by atoms with Gasteiger partial charge in [-0.1, -0.05) is 125 Å². The zero-order valence-corrected chi connectivity index (χ0v) is 20.2. The Labute approximate surface area is 200 Å². The molecule has 0 aliphatic rings. The van der Waals surface area contributed by atoms with Gasteiger partial charge in [0, 0.05) is 0 Å². The second-order valence-electron chi connectivity index (χ2n) is 8.37. The van der Waals surface area contributed by atoms with Crippen molar-refractivity contribution in [3.63, 3.8) is 0 Å². The van der Waals surface area contributed by atoms with Gasteiger partial charge < -0.3 is 14.2 Å². The van der Waals surface area contributed by atoms with Crippen molar-refractivity contribution in [2.75, 3.05) is 6.61 Å². The lowest BCUT2D eigenvalue weighted by molar-refractivity contribution is -0.143. The highest BCUT2D eigenvalue weighted by atomic mass is 16.6. The molecule has 0 unspecified atom stereocenters. The molecule has 0 aliphatic carbocycles. The quantitative estimate of drug-likeness (QED) is 0.100. The van der Waals surface area contributed by atoms with Crippen LogP contribution in [0.25, 0.3) is 0 Å². The Balaban J connectivity index is 1.69. The normalized spacial score (nSPS) is 11.2. The van der Waals surface area contributed by atoms with Gasteiger partial charge in [-0.2, -0.15) is 0 Å². The van der Waals surface area contributed by atoms with Crippen molar-refractivity contribution < 1.29 is 19.0 Å². The predicted molar refractivity (Wildman–Crippen MR) is 133 cm³/mol. The first kappa shape index (κ1) is 26.5. The van der Waals surface area contributed by atoms with Crippen molar-refractivity contribution in [3.8, 4) is 0 Å². The van der Waals surface area contributed by atoms with Gasteiger partial charge in [0.1, 0.15) is 19.5 Å². The van der Waals surface area contributed by atoms with Crippen LogP contribution in [-0.4, -0.2) is 12.6 Å². The Morgan fingerprint density at radius 2 is 1.18 bits per heavy atom. The van der Waals surface area contributed by atoms with Crippen LogP contribution in [0.1, 0.15) is 82.3 Å². The van der Waals surface area contributed by atoms with Gasteiger partial charge in [-0.25, -0.2) is 4.79 Å². The Morgan fingerprint density at radius 3 is 1.76 bits per heavy atom. The molecule has 180 valence electrons. The first-order valence-corrected chi connectivity index (χ1v) is 12.5. The number of rotatable bonds is 18. The third kappa shape index (κ3) is 12.8. The number of benzene rings is 2. The maximum Gasteiger partial charge on any atom is 0.376 e. The zero-order valence-electron chi connectivity index (χ0n) is 20.2. The van der Waals surface area contributed by atoms with Crippen LogP contribution in [0.15, 0.2) is 72.7 Å². The fourth-order valence-corrected chi connectivity index (χ4v) is 3.49. The van der Waals surface area contributed by atoms with E-state index in [1.807, 2.05) is 60.7 Å². The van der Waals surface area contributed by atoms with Gasteiger partial charge in [0.15, 0.2) is 0 Å². The van der Waals surface area contributed by atoms with E-state index in [2.05, 4.69) is 6.92 Å².